The van der Waals surface area contributed by atoms with E-state index < -0.39 is 0 Å². The minimum absolute atomic E-state index is 0.467. The van der Waals surface area contributed by atoms with Gasteiger partial charge in [-0.1, -0.05) is 6.07 Å². The molecule has 0 spiro atoms. The summed E-state index contributed by atoms with van der Waals surface area (Å²) in [7, 11) is 0. The average molecular weight is 350 g/mol. The maximum atomic E-state index is 4.86. The van der Waals surface area contributed by atoms with E-state index in [0.29, 0.717) is 12.0 Å². The molecule has 2 aromatic heterocycles. The number of aryl methyl sites for hydroxylation is 2. The Kier molecular flexibility index (Phi) is 3.81. The van der Waals surface area contributed by atoms with Crippen molar-refractivity contribution < 1.29 is 0 Å². The Morgan fingerprint density at radius 2 is 2.04 bits per heavy atom. The fourth-order valence-electron chi connectivity index (χ4n) is 4.29. The van der Waals surface area contributed by atoms with Gasteiger partial charge >= 0.3 is 0 Å². The number of hydrogen-bond donors (Lipinski definition) is 1. The lowest BCUT2D eigenvalue weighted by Gasteiger charge is -2.31. The maximum absolute atomic E-state index is 4.86. The molecule has 6 heteroatoms. The molecule has 136 valence electrons. The van der Waals surface area contributed by atoms with Crippen LogP contribution >= 0.6 is 0 Å². The molecule has 2 aliphatic rings. The molecule has 1 unspecified atom stereocenters. The van der Waals surface area contributed by atoms with E-state index in [0.717, 1.165) is 48.1 Å². The van der Waals surface area contributed by atoms with Gasteiger partial charge in [0.1, 0.15) is 17.5 Å². The second-order valence-electron chi connectivity index (χ2n) is 7.98. The van der Waals surface area contributed by atoms with Gasteiger partial charge in [-0.05, 0) is 63.8 Å². The van der Waals surface area contributed by atoms with Gasteiger partial charge in [-0.3, -0.25) is 4.90 Å². The first kappa shape index (κ1) is 16.0. The zero-order valence-corrected chi connectivity index (χ0v) is 15.6. The molecule has 1 aliphatic heterocycles. The van der Waals surface area contributed by atoms with Crippen LogP contribution in [0.5, 0.6) is 0 Å². The van der Waals surface area contributed by atoms with Crippen molar-refractivity contribution in [3.63, 3.8) is 0 Å². The fourth-order valence-corrected chi connectivity index (χ4v) is 4.29. The number of nitrogens with zero attached hydrogens (tertiary/aromatic N) is 5. The molecule has 26 heavy (non-hydrogen) atoms. The number of likely N-dealkylation sites (tertiary alicyclic amines) is 1. The van der Waals surface area contributed by atoms with Gasteiger partial charge in [-0.15, -0.1) is 10.2 Å². The first-order valence-electron chi connectivity index (χ1n) is 9.76. The average Bonchev–Trinajstić information content (AvgIpc) is 3.27. The number of aromatic amines is 1. The molecule has 1 aliphatic carbocycles. The number of nitrogens with one attached hydrogen (secondary N) is 1. The first-order chi connectivity index (χ1) is 12.7. The number of fused-ring (bicyclic) bond motifs is 1. The molecule has 0 bridgehead atoms. The zero-order chi connectivity index (χ0) is 17.7. The van der Waals surface area contributed by atoms with E-state index in [1.54, 1.807) is 0 Å². The summed E-state index contributed by atoms with van der Waals surface area (Å²) in [6.07, 6.45) is 4.95. The van der Waals surface area contributed by atoms with Crippen molar-refractivity contribution in [2.24, 2.45) is 0 Å². The van der Waals surface area contributed by atoms with Gasteiger partial charge in [0.15, 0.2) is 0 Å². The molecule has 1 saturated heterocycles. The molecule has 3 aromatic rings. The van der Waals surface area contributed by atoms with Crippen molar-refractivity contribution in [3.05, 3.63) is 41.2 Å². The zero-order valence-electron chi connectivity index (χ0n) is 15.6. The second-order valence-corrected chi connectivity index (χ2v) is 7.98. The Bertz CT molecular complexity index is 935. The molecule has 3 heterocycles. The summed E-state index contributed by atoms with van der Waals surface area (Å²) in [4.78, 5) is 10.9. The third-order valence-electron chi connectivity index (χ3n) is 5.76. The fraction of sp³-hybridized carbons (Fsp3) is 0.550. The summed E-state index contributed by atoms with van der Waals surface area (Å²) < 4.78 is 2.35. The van der Waals surface area contributed by atoms with Gasteiger partial charge in [-0.25, -0.2) is 4.98 Å². The molecule has 1 saturated carbocycles. The lowest BCUT2D eigenvalue weighted by Crippen LogP contribution is -2.35. The molecule has 1 N–H and O–H groups in total. The lowest BCUT2D eigenvalue weighted by atomic mass is 9.97. The van der Waals surface area contributed by atoms with Crippen LogP contribution in [0.2, 0.25) is 0 Å². The smallest absolute Gasteiger partial charge is 0.147 e. The minimum atomic E-state index is 0.467. The number of imidazole rings is 1. The number of hydrogen-bond acceptors (Lipinski definition) is 4. The van der Waals surface area contributed by atoms with Gasteiger partial charge < -0.3 is 9.55 Å². The largest absolute Gasteiger partial charge is 0.342 e. The van der Waals surface area contributed by atoms with Crippen LogP contribution in [-0.4, -0.2) is 42.7 Å². The summed E-state index contributed by atoms with van der Waals surface area (Å²) in [5.74, 6) is 3.79. The predicted molar refractivity (Wildman–Crippen MR) is 101 cm³/mol. The number of H-pyrrole nitrogens is 1. The van der Waals surface area contributed by atoms with E-state index in [-0.39, 0.29) is 0 Å². The molecule has 0 radical (unpaired) electrons. The molecular weight excluding hydrogens is 324 g/mol. The van der Waals surface area contributed by atoms with Gasteiger partial charge in [0.25, 0.3) is 0 Å². The number of aromatic nitrogens is 5. The Labute approximate surface area is 153 Å². The Balaban J connectivity index is 1.34. The highest BCUT2D eigenvalue weighted by Crippen LogP contribution is 2.37. The van der Waals surface area contributed by atoms with Crippen molar-refractivity contribution in [2.75, 3.05) is 13.1 Å². The Hall–Kier alpha value is -2.21. The standard InChI is InChI=1S/C20H26N6/c1-13-5-8-17-18(10-13)22-20(21-17)15-4-3-9-25(11-15)12-19-24-23-14(2)26(19)16-6-7-16/h5,8,10,15-16H,3-4,6-7,9,11-12H2,1-2H3,(H,21,22). The van der Waals surface area contributed by atoms with Crippen LogP contribution < -0.4 is 0 Å². The molecule has 1 aromatic carbocycles. The summed E-state index contributed by atoms with van der Waals surface area (Å²) >= 11 is 0. The third kappa shape index (κ3) is 2.92. The normalized spacial score (nSPS) is 21.5. The first-order valence-corrected chi connectivity index (χ1v) is 9.76. The molecule has 2 fully saturated rings. The van der Waals surface area contributed by atoms with Crippen LogP contribution in [0.15, 0.2) is 18.2 Å². The van der Waals surface area contributed by atoms with E-state index in [2.05, 4.69) is 56.7 Å². The van der Waals surface area contributed by atoms with Crippen LogP contribution in [0.3, 0.4) is 0 Å². The van der Waals surface area contributed by atoms with Crippen molar-refractivity contribution in [1.82, 2.24) is 29.6 Å². The second kappa shape index (κ2) is 6.20. The van der Waals surface area contributed by atoms with Crippen molar-refractivity contribution in [1.29, 1.82) is 0 Å². The number of piperidine rings is 1. The SMILES string of the molecule is Cc1ccc2nc(C3CCCN(Cc4nnc(C)n4C4CC4)C3)[nH]c2c1. The highest BCUT2D eigenvalue weighted by atomic mass is 15.3. The third-order valence-corrected chi connectivity index (χ3v) is 5.76. The van der Waals surface area contributed by atoms with E-state index in [4.69, 9.17) is 4.98 Å². The van der Waals surface area contributed by atoms with Crippen LogP contribution in [-0.2, 0) is 6.54 Å². The highest BCUT2D eigenvalue weighted by molar-refractivity contribution is 5.75. The Morgan fingerprint density at radius 3 is 2.88 bits per heavy atom. The monoisotopic (exact) mass is 350 g/mol. The summed E-state index contributed by atoms with van der Waals surface area (Å²) in [6.45, 7) is 7.26. The van der Waals surface area contributed by atoms with E-state index >= 15 is 0 Å². The molecule has 1 atom stereocenters. The van der Waals surface area contributed by atoms with Gasteiger partial charge in [0, 0.05) is 18.5 Å². The summed E-state index contributed by atoms with van der Waals surface area (Å²) in [5.41, 5.74) is 3.50. The van der Waals surface area contributed by atoms with Gasteiger partial charge in [-0.2, -0.15) is 0 Å². The quantitative estimate of drug-likeness (QED) is 0.782. The molecule has 6 nitrogen and oxygen atoms in total. The van der Waals surface area contributed by atoms with Crippen LogP contribution in [0.25, 0.3) is 11.0 Å². The van der Waals surface area contributed by atoms with Gasteiger partial charge in [0.2, 0.25) is 0 Å². The van der Waals surface area contributed by atoms with Crippen LogP contribution in [0, 0.1) is 13.8 Å². The Morgan fingerprint density at radius 1 is 1.15 bits per heavy atom. The topological polar surface area (TPSA) is 62.6 Å². The number of benzene rings is 1. The minimum Gasteiger partial charge on any atom is -0.342 e. The number of rotatable bonds is 4. The van der Waals surface area contributed by atoms with Crippen molar-refractivity contribution in [2.45, 2.75) is 58.0 Å². The molecular formula is C20H26N6. The van der Waals surface area contributed by atoms with E-state index in [1.807, 2.05) is 0 Å². The summed E-state index contributed by atoms with van der Waals surface area (Å²) in [6, 6.07) is 7.08. The molecule has 0 amide bonds. The lowest BCUT2D eigenvalue weighted by molar-refractivity contribution is 0.190. The van der Waals surface area contributed by atoms with Crippen LogP contribution in [0.4, 0.5) is 0 Å². The van der Waals surface area contributed by atoms with E-state index in [9.17, 15) is 0 Å². The van der Waals surface area contributed by atoms with E-state index in [1.165, 1.54) is 31.2 Å². The predicted octanol–water partition coefficient (Wildman–Crippen LogP) is 3.49. The van der Waals surface area contributed by atoms with Gasteiger partial charge in [0.05, 0.1) is 17.6 Å². The maximum Gasteiger partial charge on any atom is 0.147 e. The van der Waals surface area contributed by atoms with Crippen molar-refractivity contribution in [3.8, 4) is 0 Å². The summed E-state index contributed by atoms with van der Waals surface area (Å²) in [5, 5.41) is 8.79. The molecule has 5 rings (SSSR count). The van der Waals surface area contributed by atoms with Crippen LogP contribution in [0.1, 0.15) is 60.7 Å². The van der Waals surface area contributed by atoms with Crippen molar-refractivity contribution >= 4 is 11.0 Å². The highest BCUT2D eigenvalue weighted by Gasteiger charge is 2.30.